The summed E-state index contributed by atoms with van der Waals surface area (Å²) in [6.07, 6.45) is 0. The minimum atomic E-state index is -0.228. The Balaban J connectivity index is 2.48. The summed E-state index contributed by atoms with van der Waals surface area (Å²) in [5.41, 5.74) is 6.83. The Morgan fingerprint density at radius 2 is 1.95 bits per heavy atom. The second-order valence-electron chi connectivity index (χ2n) is 5.57. The maximum atomic E-state index is 12.1. The molecule has 1 aromatic rings. The first-order valence-corrected chi connectivity index (χ1v) is 7.64. The van der Waals surface area contributed by atoms with Crippen LogP contribution in [0.3, 0.4) is 0 Å². The Bertz CT molecular complexity index is 400. The predicted octanol–water partition coefficient (Wildman–Crippen LogP) is 2.68. The molecule has 1 unspecified atom stereocenters. The minimum absolute atomic E-state index is 0.0974. The molecular weight excluding hydrogens is 256 g/mol. The van der Waals surface area contributed by atoms with Gasteiger partial charge in [0, 0.05) is 18.3 Å². The third kappa shape index (κ3) is 5.66. The summed E-state index contributed by atoms with van der Waals surface area (Å²) in [6, 6.07) is 10.2. The van der Waals surface area contributed by atoms with Gasteiger partial charge in [0.25, 0.3) is 0 Å². The number of amides is 1. The van der Waals surface area contributed by atoms with Gasteiger partial charge in [-0.15, -0.1) is 0 Å². The SMILES string of the molecule is CC(c1ccccc1)N(C)C(=O)CSCC(C)(C)N. The fourth-order valence-electron chi connectivity index (χ4n) is 1.67. The summed E-state index contributed by atoms with van der Waals surface area (Å²) in [6.45, 7) is 5.99. The lowest BCUT2D eigenvalue weighted by Crippen LogP contribution is -2.36. The molecule has 1 rings (SSSR count). The van der Waals surface area contributed by atoms with Crippen LogP contribution in [0.2, 0.25) is 0 Å². The number of thioether (sulfide) groups is 1. The largest absolute Gasteiger partial charge is 0.338 e. The van der Waals surface area contributed by atoms with Gasteiger partial charge in [0.05, 0.1) is 11.8 Å². The quantitative estimate of drug-likeness (QED) is 0.871. The summed E-state index contributed by atoms with van der Waals surface area (Å²) in [4.78, 5) is 13.9. The molecule has 0 saturated carbocycles. The maximum Gasteiger partial charge on any atom is 0.232 e. The molecule has 0 aliphatic carbocycles. The molecule has 2 N–H and O–H groups in total. The highest BCUT2D eigenvalue weighted by molar-refractivity contribution is 8.00. The molecule has 0 spiro atoms. The second-order valence-corrected chi connectivity index (χ2v) is 6.56. The zero-order chi connectivity index (χ0) is 14.5. The highest BCUT2D eigenvalue weighted by Crippen LogP contribution is 2.19. The molecule has 0 aliphatic rings. The molecule has 1 amide bonds. The van der Waals surface area contributed by atoms with E-state index in [9.17, 15) is 4.79 Å². The molecular formula is C15H24N2OS. The number of carbonyl (C=O) groups is 1. The van der Waals surface area contributed by atoms with Gasteiger partial charge in [0.2, 0.25) is 5.91 Å². The molecule has 1 aromatic carbocycles. The Kier molecular flexibility index (Phi) is 5.88. The Morgan fingerprint density at radius 3 is 2.47 bits per heavy atom. The van der Waals surface area contributed by atoms with Crippen LogP contribution in [0.15, 0.2) is 30.3 Å². The van der Waals surface area contributed by atoms with E-state index in [1.165, 1.54) is 0 Å². The number of carbonyl (C=O) groups excluding carboxylic acids is 1. The molecule has 4 heteroatoms. The van der Waals surface area contributed by atoms with Crippen molar-refractivity contribution in [2.45, 2.75) is 32.4 Å². The van der Waals surface area contributed by atoms with Gasteiger partial charge in [0.15, 0.2) is 0 Å². The molecule has 0 radical (unpaired) electrons. The lowest BCUT2D eigenvalue weighted by Gasteiger charge is -2.26. The minimum Gasteiger partial charge on any atom is -0.338 e. The number of hydrogen-bond donors (Lipinski definition) is 1. The van der Waals surface area contributed by atoms with E-state index in [4.69, 9.17) is 5.73 Å². The molecule has 106 valence electrons. The van der Waals surface area contributed by atoms with Crippen molar-refractivity contribution >= 4 is 17.7 Å². The number of nitrogens with two attached hydrogens (primary N) is 1. The van der Waals surface area contributed by atoms with Gasteiger partial charge in [-0.1, -0.05) is 30.3 Å². The number of rotatable bonds is 6. The van der Waals surface area contributed by atoms with Crippen molar-refractivity contribution in [1.29, 1.82) is 0 Å². The van der Waals surface area contributed by atoms with Gasteiger partial charge in [-0.2, -0.15) is 11.8 Å². The van der Waals surface area contributed by atoms with Gasteiger partial charge >= 0.3 is 0 Å². The van der Waals surface area contributed by atoms with Gasteiger partial charge in [0.1, 0.15) is 0 Å². The van der Waals surface area contributed by atoms with E-state index in [-0.39, 0.29) is 17.5 Å². The zero-order valence-electron chi connectivity index (χ0n) is 12.2. The fraction of sp³-hybridized carbons (Fsp3) is 0.533. The summed E-state index contributed by atoms with van der Waals surface area (Å²) >= 11 is 1.59. The van der Waals surface area contributed by atoms with Crippen molar-refractivity contribution in [1.82, 2.24) is 4.90 Å². The van der Waals surface area contributed by atoms with Crippen molar-refractivity contribution in [3.8, 4) is 0 Å². The predicted molar refractivity (Wildman–Crippen MR) is 83.2 cm³/mol. The number of nitrogens with zero attached hydrogens (tertiary/aromatic N) is 1. The summed E-state index contributed by atoms with van der Waals surface area (Å²) in [7, 11) is 1.86. The van der Waals surface area contributed by atoms with Crippen LogP contribution < -0.4 is 5.73 Å². The molecule has 1 atom stereocenters. The number of benzene rings is 1. The summed E-state index contributed by atoms with van der Waals surface area (Å²) in [5.74, 6) is 1.41. The topological polar surface area (TPSA) is 46.3 Å². The Hall–Kier alpha value is -1.000. The summed E-state index contributed by atoms with van der Waals surface area (Å²) < 4.78 is 0. The van der Waals surface area contributed by atoms with Crippen molar-refractivity contribution in [2.24, 2.45) is 5.73 Å². The molecule has 0 saturated heterocycles. The molecule has 0 fully saturated rings. The number of hydrogen-bond acceptors (Lipinski definition) is 3. The van der Waals surface area contributed by atoms with Crippen molar-refractivity contribution in [2.75, 3.05) is 18.6 Å². The van der Waals surface area contributed by atoms with Crippen molar-refractivity contribution in [3.05, 3.63) is 35.9 Å². The molecule has 0 aliphatic heterocycles. The van der Waals surface area contributed by atoms with Crippen LogP contribution in [0.25, 0.3) is 0 Å². The van der Waals surface area contributed by atoms with E-state index >= 15 is 0 Å². The van der Waals surface area contributed by atoms with Crippen LogP contribution >= 0.6 is 11.8 Å². The van der Waals surface area contributed by atoms with Crippen LogP contribution in [0.1, 0.15) is 32.4 Å². The van der Waals surface area contributed by atoms with Crippen LogP contribution in [0.4, 0.5) is 0 Å². The van der Waals surface area contributed by atoms with Crippen molar-refractivity contribution < 1.29 is 4.79 Å². The van der Waals surface area contributed by atoms with E-state index in [1.54, 1.807) is 16.7 Å². The van der Waals surface area contributed by atoms with E-state index in [0.717, 1.165) is 11.3 Å². The van der Waals surface area contributed by atoms with Gasteiger partial charge in [-0.05, 0) is 26.3 Å². The van der Waals surface area contributed by atoms with E-state index < -0.39 is 0 Å². The third-order valence-corrected chi connectivity index (χ3v) is 4.36. The van der Waals surface area contributed by atoms with E-state index in [0.29, 0.717) is 5.75 Å². The van der Waals surface area contributed by atoms with Crippen LogP contribution in [0, 0.1) is 0 Å². The smallest absolute Gasteiger partial charge is 0.232 e. The molecule has 0 aromatic heterocycles. The standard InChI is InChI=1S/C15H24N2OS/c1-12(13-8-6-5-7-9-13)17(4)14(18)10-19-11-15(2,3)16/h5-9,12H,10-11,16H2,1-4H3. The first-order chi connectivity index (χ1) is 8.81. The highest BCUT2D eigenvalue weighted by Gasteiger charge is 2.18. The van der Waals surface area contributed by atoms with Gasteiger partial charge in [-0.25, -0.2) is 0 Å². The average molecular weight is 280 g/mol. The van der Waals surface area contributed by atoms with E-state index in [1.807, 2.05) is 58.2 Å². The van der Waals surface area contributed by atoms with Crippen LogP contribution in [0.5, 0.6) is 0 Å². The fourth-order valence-corrected chi connectivity index (χ4v) is 2.68. The maximum absolute atomic E-state index is 12.1. The lowest BCUT2D eigenvalue weighted by atomic mass is 10.1. The third-order valence-electron chi connectivity index (χ3n) is 2.96. The first kappa shape index (κ1) is 16.1. The van der Waals surface area contributed by atoms with Crippen LogP contribution in [-0.4, -0.2) is 34.9 Å². The van der Waals surface area contributed by atoms with Crippen molar-refractivity contribution in [3.63, 3.8) is 0 Å². The van der Waals surface area contributed by atoms with Gasteiger partial charge < -0.3 is 10.6 Å². The Morgan fingerprint density at radius 1 is 1.37 bits per heavy atom. The Labute approximate surface area is 120 Å². The zero-order valence-corrected chi connectivity index (χ0v) is 13.0. The molecule has 0 bridgehead atoms. The first-order valence-electron chi connectivity index (χ1n) is 6.48. The average Bonchev–Trinajstić information content (AvgIpc) is 2.36. The molecule has 3 nitrogen and oxygen atoms in total. The molecule has 0 heterocycles. The molecule has 19 heavy (non-hydrogen) atoms. The van der Waals surface area contributed by atoms with Gasteiger partial charge in [-0.3, -0.25) is 4.79 Å². The van der Waals surface area contributed by atoms with E-state index in [2.05, 4.69) is 0 Å². The monoisotopic (exact) mass is 280 g/mol. The normalized spacial score (nSPS) is 13.1. The summed E-state index contributed by atoms with van der Waals surface area (Å²) in [5, 5.41) is 0. The second kappa shape index (κ2) is 6.96. The highest BCUT2D eigenvalue weighted by atomic mass is 32.2. The van der Waals surface area contributed by atoms with Crippen LogP contribution in [-0.2, 0) is 4.79 Å². The lowest BCUT2D eigenvalue weighted by molar-refractivity contribution is -0.128.